The molecule has 0 atom stereocenters. The first kappa shape index (κ1) is 43.0. The Kier molecular flexibility index (Phi) is 13.4. The molecule has 2 fully saturated rings. The van der Waals surface area contributed by atoms with Crippen molar-refractivity contribution in [3.63, 3.8) is 0 Å². The number of nitrogens with zero attached hydrogens (tertiary/aromatic N) is 8. The van der Waals surface area contributed by atoms with E-state index in [4.69, 9.17) is 38.4 Å². The topological polar surface area (TPSA) is 138 Å². The van der Waals surface area contributed by atoms with Crippen molar-refractivity contribution in [1.29, 1.82) is 0 Å². The minimum atomic E-state index is -0.358. The molecular formula is C43H54Cl2N10O3. The number of hydrogen-bond donors (Lipinski definition) is 2. The number of likely N-dealkylation sites (N-methyl/N-ethyl adjacent to an activating group) is 2. The van der Waals surface area contributed by atoms with E-state index in [-0.39, 0.29) is 17.0 Å². The highest BCUT2D eigenvalue weighted by Crippen LogP contribution is 2.47. The lowest BCUT2D eigenvalue weighted by atomic mass is 9.99. The summed E-state index contributed by atoms with van der Waals surface area (Å²) in [4.78, 5) is 40.7. The molecule has 2 aliphatic heterocycles. The molecule has 58 heavy (non-hydrogen) atoms. The molecule has 3 aromatic heterocycles. The summed E-state index contributed by atoms with van der Waals surface area (Å²) in [5, 5.41) is 3.48. The number of ether oxygens (including phenoxy) is 2. The molecule has 7 rings (SSSR count). The molecular weight excluding hydrogens is 775 g/mol. The van der Waals surface area contributed by atoms with E-state index >= 15 is 0 Å². The number of hydrogen-bond acceptors (Lipinski definition) is 12. The highest BCUT2D eigenvalue weighted by molar-refractivity contribution is 6.41. The van der Waals surface area contributed by atoms with Crippen molar-refractivity contribution in [3.8, 4) is 22.6 Å². The van der Waals surface area contributed by atoms with Crippen molar-refractivity contribution in [2.75, 3.05) is 78.6 Å². The molecule has 5 aromatic rings. The van der Waals surface area contributed by atoms with Gasteiger partial charge in [-0.1, -0.05) is 41.4 Å². The summed E-state index contributed by atoms with van der Waals surface area (Å²) in [7, 11) is 7.38. The van der Waals surface area contributed by atoms with Gasteiger partial charge in [-0.2, -0.15) is 0 Å². The summed E-state index contributed by atoms with van der Waals surface area (Å²) in [5.74, 6) is 1.47. The predicted octanol–water partition coefficient (Wildman–Crippen LogP) is 6.98. The number of aromatic nitrogens is 4. The SMILES string of the molecule is CN1CCN(Cc2ccc(N)nc2)CC1(C)C.COc1cc(OC)c(Cl)c(-c2ccc(C(=O)Nc3ccc(CN4CCN(C)C(C)(C)C4)cn3)c3nccnc23)c1Cl. The number of nitrogen functional groups attached to an aromatic ring is 1. The number of pyridine rings is 2. The molecule has 0 saturated carbocycles. The Balaban J connectivity index is 0.000000278. The van der Waals surface area contributed by atoms with Gasteiger partial charge in [0.25, 0.3) is 5.91 Å². The number of rotatable bonds is 9. The second-order valence-corrected chi connectivity index (χ2v) is 16.9. The predicted molar refractivity (Wildman–Crippen MR) is 233 cm³/mol. The average molecular weight is 830 g/mol. The summed E-state index contributed by atoms with van der Waals surface area (Å²) in [6.45, 7) is 17.2. The second-order valence-electron chi connectivity index (χ2n) is 16.2. The summed E-state index contributed by atoms with van der Waals surface area (Å²) >= 11 is 13.4. The largest absolute Gasteiger partial charge is 0.495 e. The number of anilines is 2. The highest BCUT2D eigenvalue weighted by Gasteiger charge is 2.32. The van der Waals surface area contributed by atoms with Gasteiger partial charge < -0.3 is 20.5 Å². The van der Waals surface area contributed by atoms with Gasteiger partial charge in [0.05, 0.1) is 35.3 Å². The smallest absolute Gasteiger partial charge is 0.259 e. The number of amides is 1. The van der Waals surface area contributed by atoms with Crippen LogP contribution >= 0.6 is 23.2 Å². The van der Waals surface area contributed by atoms with Gasteiger partial charge in [-0.25, -0.2) is 9.97 Å². The van der Waals surface area contributed by atoms with E-state index in [9.17, 15) is 4.79 Å². The minimum Gasteiger partial charge on any atom is -0.495 e. The van der Waals surface area contributed by atoms with Crippen molar-refractivity contribution >= 4 is 51.8 Å². The van der Waals surface area contributed by atoms with Crippen LogP contribution in [0.3, 0.4) is 0 Å². The molecule has 0 radical (unpaired) electrons. The molecule has 0 unspecified atom stereocenters. The Morgan fingerprint density at radius 1 is 0.741 bits per heavy atom. The second kappa shape index (κ2) is 18.1. The zero-order valence-electron chi connectivity index (χ0n) is 34.6. The summed E-state index contributed by atoms with van der Waals surface area (Å²) in [6, 6.07) is 12.8. The molecule has 0 aliphatic carbocycles. The molecule has 0 spiro atoms. The molecule has 1 amide bonds. The molecule has 2 aliphatic rings. The highest BCUT2D eigenvalue weighted by atomic mass is 35.5. The first-order valence-corrected chi connectivity index (χ1v) is 20.0. The first-order chi connectivity index (χ1) is 27.6. The van der Waals surface area contributed by atoms with Crippen LogP contribution in [0.1, 0.15) is 49.2 Å². The van der Waals surface area contributed by atoms with Crippen LogP contribution in [0, 0.1) is 0 Å². The Hall–Kier alpha value is -4.63. The van der Waals surface area contributed by atoms with E-state index in [1.165, 1.54) is 26.0 Å². The van der Waals surface area contributed by atoms with E-state index in [1.807, 2.05) is 30.6 Å². The Morgan fingerprint density at radius 2 is 1.28 bits per heavy atom. The maximum atomic E-state index is 13.4. The number of fused-ring (bicyclic) bond motifs is 1. The molecule has 3 N–H and O–H groups in total. The fraction of sp³-hybridized carbons (Fsp3) is 0.419. The van der Waals surface area contributed by atoms with Crippen molar-refractivity contribution in [2.45, 2.75) is 51.9 Å². The van der Waals surface area contributed by atoms with Gasteiger partial charge in [0.15, 0.2) is 0 Å². The van der Waals surface area contributed by atoms with Gasteiger partial charge in [0, 0.05) is 105 Å². The lowest BCUT2D eigenvalue weighted by molar-refractivity contribution is 0.0359. The van der Waals surface area contributed by atoms with E-state index in [0.717, 1.165) is 57.9 Å². The zero-order valence-corrected chi connectivity index (χ0v) is 36.2. The molecule has 308 valence electrons. The molecule has 13 nitrogen and oxygen atoms in total. The Labute approximate surface area is 351 Å². The van der Waals surface area contributed by atoms with Crippen LogP contribution in [-0.2, 0) is 13.1 Å². The number of nitrogens with two attached hydrogens (primary N) is 1. The number of halogens is 2. The Bertz CT molecular complexity index is 2190. The summed E-state index contributed by atoms with van der Waals surface area (Å²) in [6.07, 6.45) is 6.77. The maximum absolute atomic E-state index is 13.4. The first-order valence-electron chi connectivity index (χ1n) is 19.3. The van der Waals surface area contributed by atoms with E-state index < -0.39 is 0 Å². The maximum Gasteiger partial charge on any atom is 0.259 e. The van der Waals surface area contributed by atoms with Gasteiger partial charge in [-0.15, -0.1) is 0 Å². The summed E-state index contributed by atoms with van der Waals surface area (Å²) < 4.78 is 10.9. The number of piperazine rings is 2. The third kappa shape index (κ3) is 9.79. The van der Waals surface area contributed by atoms with Crippen LogP contribution in [0.4, 0.5) is 11.6 Å². The van der Waals surface area contributed by atoms with Gasteiger partial charge >= 0.3 is 0 Å². The zero-order chi connectivity index (χ0) is 41.8. The van der Waals surface area contributed by atoms with Gasteiger partial charge in [0.2, 0.25) is 0 Å². The van der Waals surface area contributed by atoms with E-state index in [2.05, 4.69) is 92.7 Å². The molecule has 15 heteroatoms. The number of methoxy groups -OCH3 is 2. The molecule has 2 aromatic carbocycles. The van der Waals surface area contributed by atoms with Crippen LogP contribution in [-0.4, -0.2) is 124 Å². The molecule has 5 heterocycles. The summed E-state index contributed by atoms with van der Waals surface area (Å²) in [5.41, 5.74) is 10.5. The van der Waals surface area contributed by atoms with Gasteiger partial charge in [-0.3, -0.25) is 34.4 Å². The monoisotopic (exact) mass is 828 g/mol. The van der Waals surface area contributed by atoms with Crippen LogP contribution < -0.4 is 20.5 Å². The van der Waals surface area contributed by atoms with E-state index in [0.29, 0.717) is 60.9 Å². The lowest BCUT2D eigenvalue weighted by Gasteiger charge is -2.45. The molecule has 0 bridgehead atoms. The van der Waals surface area contributed by atoms with Crippen LogP contribution in [0.25, 0.3) is 22.2 Å². The minimum absolute atomic E-state index is 0.121. The normalized spacial score (nSPS) is 17.3. The average Bonchev–Trinajstić information content (AvgIpc) is 3.19. The number of benzene rings is 2. The van der Waals surface area contributed by atoms with Crippen molar-refractivity contribution in [1.82, 2.24) is 39.5 Å². The Morgan fingerprint density at radius 3 is 1.76 bits per heavy atom. The fourth-order valence-electron chi connectivity index (χ4n) is 7.34. The number of carbonyl (C=O) groups excluding carboxylic acids is 1. The van der Waals surface area contributed by atoms with Crippen molar-refractivity contribution in [2.24, 2.45) is 0 Å². The number of carbonyl (C=O) groups is 1. The number of nitrogens with one attached hydrogen (secondary N) is 1. The third-order valence-corrected chi connectivity index (χ3v) is 12.0. The lowest BCUT2D eigenvalue weighted by Crippen LogP contribution is -2.57. The van der Waals surface area contributed by atoms with Crippen LogP contribution in [0.5, 0.6) is 11.5 Å². The standard InChI is InChI=1S/C30H32Cl2N6O3.C13H22N4/c1-30(2)17-38(13-12-37(30)3)16-18-6-9-23(35-15-18)36-29(39)20-8-7-19(27-28(20)34-11-10-33-27)24-25(31)21(40-4)14-22(41-5)26(24)32;1-13(2)10-17(7-6-16(13)3)9-11-4-5-12(14)15-8-11/h6-11,14-15H,12-13,16-17H2,1-5H3,(H,35,36,39);4-5,8H,6-7,9-10H2,1-3H3,(H2,14,15). The van der Waals surface area contributed by atoms with Crippen LogP contribution in [0.2, 0.25) is 10.0 Å². The van der Waals surface area contributed by atoms with Gasteiger partial charge in [-0.05, 0) is 71.1 Å². The van der Waals surface area contributed by atoms with Crippen molar-refractivity contribution in [3.05, 3.63) is 94.0 Å². The van der Waals surface area contributed by atoms with Crippen LogP contribution in [0.15, 0.2) is 67.3 Å². The van der Waals surface area contributed by atoms with Gasteiger partial charge in [0.1, 0.15) is 28.7 Å². The third-order valence-electron chi connectivity index (χ3n) is 11.2. The van der Waals surface area contributed by atoms with E-state index in [1.54, 1.807) is 24.4 Å². The fourth-order valence-corrected chi connectivity index (χ4v) is 8.04. The van der Waals surface area contributed by atoms with Crippen molar-refractivity contribution < 1.29 is 14.3 Å². The quantitative estimate of drug-likeness (QED) is 0.159. The molecule has 2 saturated heterocycles.